The Morgan fingerprint density at radius 1 is 1.48 bits per heavy atom. The maximum atomic E-state index is 11.9. The summed E-state index contributed by atoms with van der Waals surface area (Å²) in [5.41, 5.74) is 0.0760. The van der Waals surface area contributed by atoms with Gasteiger partial charge in [0.25, 0.3) is 0 Å². The first-order valence-electron chi connectivity index (χ1n) is 7.14. The number of carboxylic acid groups (broad SMARTS) is 1. The highest BCUT2D eigenvalue weighted by Gasteiger charge is 2.39. The van der Waals surface area contributed by atoms with Gasteiger partial charge in [0.2, 0.25) is 11.8 Å². The summed E-state index contributed by atoms with van der Waals surface area (Å²) in [5, 5.41) is 15.7. The van der Waals surface area contributed by atoms with Gasteiger partial charge in [0.15, 0.2) is 0 Å². The largest absolute Gasteiger partial charge is 0.481 e. The molecule has 7 heteroatoms. The van der Waals surface area contributed by atoms with Crippen molar-refractivity contribution in [1.29, 1.82) is 0 Å². The molecule has 0 spiro atoms. The molecule has 1 amide bonds. The Bertz CT molecular complexity index is 518. The van der Waals surface area contributed by atoms with Gasteiger partial charge in [0.1, 0.15) is 0 Å². The third kappa shape index (κ3) is 3.60. The van der Waals surface area contributed by atoms with E-state index in [1.807, 2.05) is 11.8 Å². The van der Waals surface area contributed by atoms with Crippen molar-refractivity contribution in [2.75, 3.05) is 25.0 Å². The van der Waals surface area contributed by atoms with Crippen molar-refractivity contribution in [2.24, 2.45) is 5.41 Å². The predicted octanol–water partition coefficient (Wildman–Crippen LogP) is 1.50. The fraction of sp³-hybridized carbons (Fsp3) is 0.643. The van der Waals surface area contributed by atoms with Gasteiger partial charge < -0.3 is 9.63 Å². The highest BCUT2D eigenvalue weighted by molar-refractivity contribution is 5.91. The number of anilines is 1. The third-order valence-electron chi connectivity index (χ3n) is 4.20. The number of carboxylic acids is 1. The first-order valence-corrected chi connectivity index (χ1v) is 7.14. The Labute approximate surface area is 123 Å². The van der Waals surface area contributed by atoms with Gasteiger partial charge in [-0.2, -0.15) is 0 Å². The standard InChI is InChI=1S/C14H21N3O4/c1-3-14(13(19)20)4-6-17(7-5-14)9-11(18)15-12-8-10(2)16-21-12/h8H,3-7,9H2,1-2H3,(H,15,18)(H,19,20). The van der Waals surface area contributed by atoms with E-state index < -0.39 is 11.4 Å². The minimum absolute atomic E-state index is 0.175. The van der Waals surface area contributed by atoms with Gasteiger partial charge in [0.05, 0.1) is 17.7 Å². The van der Waals surface area contributed by atoms with E-state index in [4.69, 9.17) is 4.52 Å². The molecule has 1 saturated heterocycles. The molecule has 0 aromatic carbocycles. The lowest BCUT2D eigenvalue weighted by Crippen LogP contribution is -2.46. The zero-order valence-corrected chi connectivity index (χ0v) is 12.4. The molecule has 7 nitrogen and oxygen atoms in total. The highest BCUT2D eigenvalue weighted by atomic mass is 16.5. The van der Waals surface area contributed by atoms with Crippen LogP contribution in [0.2, 0.25) is 0 Å². The number of piperidine rings is 1. The molecule has 1 aromatic heterocycles. The van der Waals surface area contributed by atoms with Crippen molar-refractivity contribution >= 4 is 17.8 Å². The first kappa shape index (κ1) is 15.5. The quantitative estimate of drug-likeness (QED) is 0.854. The monoisotopic (exact) mass is 295 g/mol. The van der Waals surface area contributed by atoms with Crippen LogP contribution >= 0.6 is 0 Å². The maximum Gasteiger partial charge on any atom is 0.309 e. The summed E-state index contributed by atoms with van der Waals surface area (Å²) < 4.78 is 4.93. The van der Waals surface area contributed by atoms with Crippen LogP contribution in [-0.4, -0.2) is 46.7 Å². The second kappa shape index (κ2) is 6.26. The number of carbonyl (C=O) groups excluding carboxylic acids is 1. The van der Waals surface area contributed by atoms with Gasteiger partial charge in [-0.15, -0.1) is 0 Å². The lowest BCUT2D eigenvalue weighted by atomic mass is 9.76. The van der Waals surface area contributed by atoms with E-state index in [1.165, 1.54) is 0 Å². The SMILES string of the molecule is CCC1(C(=O)O)CCN(CC(=O)Nc2cc(C)no2)CC1. The molecule has 2 N–H and O–H groups in total. The van der Waals surface area contributed by atoms with Crippen LogP contribution in [0, 0.1) is 12.3 Å². The van der Waals surface area contributed by atoms with Gasteiger partial charge in [0, 0.05) is 6.07 Å². The molecule has 0 saturated carbocycles. The summed E-state index contributed by atoms with van der Waals surface area (Å²) in [6.45, 7) is 5.15. The summed E-state index contributed by atoms with van der Waals surface area (Å²) in [6.07, 6.45) is 1.78. The lowest BCUT2D eigenvalue weighted by molar-refractivity contribution is -0.152. The molecule has 1 fully saturated rings. The van der Waals surface area contributed by atoms with E-state index in [9.17, 15) is 14.7 Å². The number of aryl methyl sites for hydroxylation is 1. The zero-order chi connectivity index (χ0) is 15.5. The summed E-state index contributed by atoms with van der Waals surface area (Å²) in [7, 11) is 0. The molecule has 1 aromatic rings. The third-order valence-corrected chi connectivity index (χ3v) is 4.20. The number of carbonyl (C=O) groups is 2. The van der Waals surface area contributed by atoms with E-state index in [0.717, 1.165) is 0 Å². The van der Waals surface area contributed by atoms with E-state index >= 15 is 0 Å². The normalized spacial score (nSPS) is 18.4. The second-order valence-corrected chi connectivity index (χ2v) is 5.60. The Morgan fingerprint density at radius 2 is 2.14 bits per heavy atom. The molecule has 0 unspecified atom stereocenters. The Kier molecular flexibility index (Phi) is 4.62. The molecule has 0 radical (unpaired) electrons. The number of likely N-dealkylation sites (tertiary alicyclic amines) is 1. The van der Waals surface area contributed by atoms with Crippen molar-refractivity contribution < 1.29 is 19.2 Å². The van der Waals surface area contributed by atoms with Crippen molar-refractivity contribution in [3.05, 3.63) is 11.8 Å². The van der Waals surface area contributed by atoms with E-state index in [-0.39, 0.29) is 12.5 Å². The summed E-state index contributed by atoms with van der Waals surface area (Å²) in [4.78, 5) is 25.2. The number of aromatic nitrogens is 1. The van der Waals surface area contributed by atoms with Crippen molar-refractivity contribution in [2.45, 2.75) is 33.1 Å². The minimum atomic E-state index is -0.730. The number of aliphatic carboxylic acids is 1. The van der Waals surface area contributed by atoms with Gasteiger partial charge in [-0.1, -0.05) is 12.1 Å². The summed E-state index contributed by atoms with van der Waals surface area (Å²) in [5.74, 6) is -0.570. The molecule has 0 aliphatic carbocycles. The number of rotatable bonds is 5. The number of hydrogen-bond donors (Lipinski definition) is 2. The first-order chi connectivity index (χ1) is 9.95. The lowest BCUT2D eigenvalue weighted by Gasteiger charge is -2.37. The second-order valence-electron chi connectivity index (χ2n) is 5.60. The Morgan fingerprint density at radius 3 is 2.62 bits per heavy atom. The Hall–Kier alpha value is -1.89. The van der Waals surface area contributed by atoms with Crippen molar-refractivity contribution in [3.63, 3.8) is 0 Å². The van der Waals surface area contributed by atoms with Crippen LogP contribution in [0.3, 0.4) is 0 Å². The average Bonchev–Trinajstić information content (AvgIpc) is 2.84. The molecule has 0 atom stereocenters. The fourth-order valence-electron chi connectivity index (χ4n) is 2.66. The molecule has 0 bridgehead atoms. The van der Waals surface area contributed by atoms with Crippen LogP contribution in [-0.2, 0) is 9.59 Å². The molecule has 1 aliphatic rings. The highest BCUT2D eigenvalue weighted by Crippen LogP contribution is 2.34. The van der Waals surface area contributed by atoms with Crippen LogP contribution in [0.25, 0.3) is 0 Å². The van der Waals surface area contributed by atoms with Crippen LogP contribution in [0.5, 0.6) is 0 Å². The van der Waals surface area contributed by atoms with Crippen LogP contribution < -0.4 is 5.32 Å². The molecular formula is C14H21N3O4. The molecule has 2 rings (SSSR count). The number of nitrogens with one attached hydrogen (secondary N) is 1. The van der Waals surface area contributed by atoms with Crippen LogP contribution in [0.4, 0.5) is 5.88 Å². The van der Waals surface area contributed by atoms with Gasteiger partial charge in [-0.25, -0.2) is 0 Å². The maximum absolute atomic E-state index is 11.9. The molecule has 2 heterocycles. The van der Waals surface area contributed by atoms with Crippen LogP contribution in [0.15, 0.2) is 10.6 Å². The zero-order valence-electron chi connectivity index (χ0n) is 12.4. The predicted molar refractivity (Wildman–Crippen MR) is 75.9 cm³/mol. The molecule has 116 valence electrons. The topological polar surface area (TPSA) is 95.7 Å². The number of amides is 1. The van der Waals surface area contributed by atoms with Crippen molar-refractivity contribution in [3.8, 4) is 0 Å². The van der Waals surface area contributed by atoms with Gasteiger partial charge >= 0.3 is 5.97 Å². The van der Waals surface area contributed by atoms with Crippen LogP contribution in [0.1, 0.15) is 31.9 Å². The smallest absolute Gasteiger partial charge is 0.309 e. The summed E-state index contributed by atoms with van der Waals surface area (Å²) in [6, 6.07) is 1.65. The fourth-order valence-corrected chi connectivity index (χ4v) is 2.66. The van der Waals surface area contributed by atoms with Gasteiger partial charge in [-0.3, -0.25) is 19.8 Å². The van der Waals surface area contributed by atoms with E-state index in [2.05, 4.69) is 10.5 Å². The average molecular weight is 295 g/mol. The number of nitrogens with zero attached hydrogens (tertiary/aromatic N) is 2. The molecule has 21 heavy (non-hydrogen) atoms. The van der Waals surface area contributed by atoms with E-state index in [1.54, 1.807) is 13.0 Å². The minimum Gasteiger partial charge on any atom is -0.481 e. The summed E-state index contributed by atoms with van der Waals surface area (Å²) >= 11 is 0. The van der Waals surface area contributed by atoms with Crippen molar-refractivity contribution in [1.82, 2.24) is 10.1 Å². The molecular weight excluding hydrogens is 274 g/mol. The van der Waals surface area contributed by atoms with Gasteiger partial charge in [-0.05, 0) is 39.3 Å². The number of hydrogen-bond acceptors (Lipinski definition) is 5. The van der Waals surface area contributed by atoms with E-state index in [0.29, 0.717) is 43.9 Å². The Balaban J connectivity index is 1.83. The molecule has 1 aliphatic heterocycles.